The summed E-state index contributed by atoms with van der Waals surface area (Å²) in [5, 5.41) is 0. The smallest absolute Gasteiger partial charge is 0.429 e. The molecule has 1 fully saturated rings. The average Bonchev–Trinajstić information content (AvgIpc) is 3.09. The Morgan fingerprint density at radius 2 is 1.90 bits per heavy atom. The number of hydrogen-bond acceptors (Lipinski definition) is 4. The Bertz CT molecular complexity index is 535. The molecule has 1 aromatic carbocycles. The molecule has 3 rings (SSSR count). The summed E-state index contributed by atoms with van der Waals surface area (Å²) in [7, 11) is 0. The predicted octanol–water partition coefficient (Wildman–Crippen LogP) is 3.08. The molecule has 0 spiro atoms. The fourth-order valence-corrected chi connectivity index (χ4v) is 2.96. The van der Waals surface area contributed by atoms with Gasteiger partial charge in [-0.2, -0.15) is 0 Å². The maximum absolute atomic E-state index is 11.9. The molecule has 104 valence electrons. The quantitative estimate of drug-likeness (QED) is 0.482. The molecule has 4 heteroatoms. The minimum atomic E-state index is -0.911. The van der Waals surface area contributed by atoms with E-state index in [1.165, 1.54) is 0 Å². The second kappa shape index (κ2) is 5.49. The van der Waals surface area contributed by atoms with Crippen LogP contribution in [-0.4, -0.2) is 12.1 Å². The first kappa shape index (κ1) is 12.9. The minimum Gasteiger partial charge on any atom is -0.429 e. The van der Waals surface area contributed by atoms with E-state index in [1.54, 1.807) is 0 Å². The number of carbonyl (C=O) groups excluding carboxylic acids is 2. The Hall–Kier alpha value is -2.10. The summed E-state index contributed by atoms with van der Waals surface area (Å²) in [5.74, 6) is 0.0569. The molecule has 0 heterocycles. The summed E-state index contributed by atoms with van der Waals surface area (Å²) in [6.45, 7) is 0.115. The van der Waals surface area contributed by atoms with Crippen LogP contribution in [0.4, 0.5) is 4.79 Å². The summed E-state index contributed by atoms with van der Waals surface area (Å²) >= 11 is 0. The monoisotopic (exact) mass is 272 g/mol. The Balaban J connectivity index is 1.47. The van der Waals surface area contributed by atoms with Crippen LogP contribution >= 0.6 is 0 Å². The zero-order chi connectivity index (χ0) is 13.9. The van der Waals surface area contributed by atoms with Crippen LogP contribution in [0.1, 0.15) is 18.4 Å². The molecule has 0 amide bonds. The minimum absolute atomic E-state index is 0.115. The van der Waals surface area contributed by atoms with E-state index in [0.29, 0.717) is 5.92 Å². The molecule has 0 aromatic heterocycles. The number of carbonyl (C=O) groups is 2. The summed E-state index contributed by atoms with van der Waals surface area (Å²) < 4.78 is 9.71. The van der Waals surface area contributed by atoms with E-state index in [1.807, 2.05) is 30.3 Å². The molecule has 0 N–H and O–H groups in total. The number of benzene rings is 1. The van der Waals surface area contributed by atoms with Gasteiger partial charge in [-0.1, -0.05) is 42.5 Å². The molecule has 0 aliphatic heterocycles. The molecular weight excluding hydrogens is 256 g/mol. The van der Waals surface area contributed by atoms with E-state index in [-0.39, 0.29) is 18.4 Å². The van der Waals surface area contributed by atoms with Crippen LogP contribution in [0.15, 0.2) is 42.5 Å². The van der Waals surface area contributed by atoms with Crippen molar-refractivity contribution >= 4 is 12.1 Å². The lowest BCUT2D eigenvalue weighted by molar-refractivity contribution is -0.145. The molecule has 1 saturated carbocycles. The van der Waals surface area contributed by atoms with Gasteiger partial charge in [0.15, 0.2) is 0 Å². The van der Waals surface area contributed by atoms with E-state index in [9.17, 15) is 9.59 Å². The fourth-order valence-electron chi connectivity index (χ4n) is 2.96. The second-order valence-corrected chi connectivity index (χ2v) is 5.33. The van der Waals surface area contributed by atoms with Crippen molar-refractivity contribution in [3.63, 3.8) is 0 Å². The van der Waals surface area contributed by atoms with Gasteiger partial charge in [0.05, 0.1) is 5.92 Å². The molecule has 3 atom stereocenters. The van der Waals surface area contributed by atoms with Gasteiger partial charge in [0.2, 0.25) is 0 Å². The van der Waals surface area contributed by atoms with E-state index in [0.717, 1.165) is 18.4 Å². The number of allylic oxidation sites excluding steroid dienone is 2. The second-order valence-electron chi connectivity index (χ2n) is 5.33. The average molecular weight is 272 g/mol. The zero-order valence-electron chi connectivity index (χ0n) is 11.0. The van der Waals surface area contributed by atoms with Crippen LogP contribution in [0.5, 0.6) is 0 Å². The molecule has 0 saturated heterocycles. The Morgan fingerprint density at radius 1 is 1.10 bits per heavy atom. The first-order valence-corrected chi connectivity index (χ1v) is 6.83. The summed E-state index contributed by atoms with van der Waals surface area (Å²) in [5.41, 5.74) is 0.861. The molecule has 20 heavy (non-hydrogen) atoms. The van der Waals surface area contributed by atoms with Gasteiger partial charge in [-0.3, -0.25) is 4.79 Å². The molecule has 4 nitrogen and oxygen atoms in total. The van der Waals surface area contributed by atoms with Crippen molar-refractivity contribution in [2.75, 3.05) is 0 Å². The number of ether oxygens (including phenoxy) is 2. The number of hydrogen-bond donors (Lipinski definition) is 0. The molecule has 0 radical (unpaired) electrons. The molecule has 1 unspecified atom stereocenters. The summed E-state index contributed by atoms with van der Waals surface area (Å²) in [4.78, 5) is 23.4. The fraction of sp³-hybridized carbons (Fsp3) is 0.375. The normalized spacial score (nSPS) is 26.5. The molecule has 1 aromatic rings. The van der Waals surface area contributed by atoms with E-state index in [4.69, 9.17) is 9.47 Å². The van der Waals surface area contributed by atoms with Gasteiger partial charge >= 0.3 is 12.1 Å². The van der Waals surface area contributed by atoms with Crippen LogP contribution in [0, 0.1) is 17.8 Å². The zero-order valence-corrected chi connectivity index (χ0v) is 11.0. The third kappa shape index (κ3) is 2.74. The van der Waals surface area contributed by atoms with E-state index in [2.05, 4.69) is 12.2 Å². The van der Waals surface area contributed by atoms with Gasteiger partial charge < -0.3 is 9.47 Å². The molecule has 2 aliphatic carbocycles. The van der Waals surface area contributed by atoms with Crippen LogP contribution in [0.2, 0.25) is 0 Å². The van der Waals surface area contributed by atoms with Crippen molar-refractivity contribution in [2.45, 2.75) is 19.4 Å². The SMILES string of the molecule is O=C(OCc1ccccc1)OC(=O)C1C[C@@H]2C=C[C@H]1C2. The molecule has 2 aliphatic rings. The number of fused-ring (bicyclic) bond motifs is 2. The topological polar surface area (TPSA) is 52.6 Å². The van der Waals surface area contributed by atoms with Crippen molar-refractivity contribution < 1.29 is 19.1 Å². The highest BCUT2D eigenvalue weighted by atomic mass is 16.7. The largest absolute Gasteiger partial charge is 0.516 e. The van der Waals surface area contributed by atoms with Gasteiger partial charge in [0, 0.05) is 0 Å². The first-order chi connectivity index (χ1) is 9.72. The van der Waals surface area contributed by atoms with E-state index >= 15 is 0 Å². The van der Waals surface area contributed by atoms with Crippen LogP contribution < -0.4 is 0 Å². The van der Waals surface area contributed by atoms with Gasteiger partial charge in [-0.25, -0.2) is 4.79 Å². The Morgan fingerprint density at radius 3 is 2.55 bits per heavy atom. The highest BCUT2D eigenvalue weighted by Gasteiger charge is 2.41. The maximum atomic E-state index is 11.9. The summed E-state index contributed by atoms with van der Waals surface area (Å²) in [6, 6.07) is 9.28. The maximum Gasteiger partial charge on any atom is 0.516 e. The standard InChI is InChI=1S/C16H16O4/c17-15(14-9-12-6-7-13(14)8-12)20-16(18)19-10-11-4-2-1-3-5-11/h1-7,12-14H,8-10H2/t12-,13+,14?/m1/s1. The molecular formula is C16H16O4. The van der Waals surface area contributed by atoms with Gasteiger partial charge in [-0.05, 0) is 30.2 Å². The van der Waals surface area contributed by atoms with Gasteiger partial charge in [0.25, 0.3) is 0 Å². The van der Waals surface area contributed by atoms with Crippen LogP contribution in [0.3, 0.4) is 0 Å². The van der Waals surface area contributed by atoms with Gasteiger partial charge in [0.1, 0.15) is 6.61 Å². The van der Waals surface area contributed by atoms with Crippen molar-refractivity contribution in [1.82, 2.24) is 0 Å². The Labute approximate surface area is 117 Å². The first-order valence-electron chi connectivity index (χ1n) is 6.83. The van der Waals surface area contributed by atoms with Crippen LogP contribution in [0.25, 0.3) is 0 Å². The van der Waals surface area contributed by atoms with Crippen LogP contribution in [-0.2, 0) is 20.9 Å². The highest BCUT2D eigenvalue weighted by Crippen LogP contribution is 2.43. The van der Waals surface area contributed by atoms with Gasteiger partial charge in [-0.15, -0.1) is 0 Å². The Kier molecular flexibility index (Phi) is 3.54. The van der Waals surface area contributed by atoms with Crippen molar-refractivity contribution in [3.8, 4) is 0 Å². The van der Waals surface area contributed by atoms with Crippen molar-refractivity contribution in [3.05, 3.63) is 48.0 Å². The lowest BCUT2D eigenvalue weighted by Crippen LogP contribution is -2.24. The lowest BCUT2D eigenvalue weighted by atomic mass is 9.94. The van der Waals surface area contributed by atoms with Crippen molar-refractivity contribution in [1.29, 1.82) is 0 Å². The third-order valence-electron chi connectivity index (χ3n) is 3.97. The third-order valence-corrected chi connectivity index (χ3v) is 3.97. The predicted molar refractivity (Wildman–Crippen MR) is 71.6 cm³/mol. The highest BCUT2D eigenvalue weighted by molar-refractivity contribution is 5.84. The van der Waals surface area contributed by atoms with Crippen molar-refractivity contribution in [2.24, 2.45) is 17.8 Å². The summed E-state index contributed by atoms with van der Waals surface area (Å²) in [6.07, 6.45) is 5.06. The molecule has 2 bridgehead atoms. The van der Waals surface area contributed by atoms with E-state index < -0.39 is 12.1 Å². The number of rotatable bonds is 3. The lowest BCUT2D eigenvalue weighted by Gasteiger charge is -2.15. The number of esters is 1.